The van der Waals surface area contributed by atoms with E-state index in [2.05, 4.69) is 11.3 Å². The van der Waals surface area contributed by atoms with Crippen LogP contribution >= 0.6 is 0 Å². The molecule has 0 aliphatic heterocycles. The lowest BCUT2D eigenvalue weighted by atomic mass is 10.2. The van der Waals surface area contributed by atoms with E-state index in [1.807, 2.05) is 0 Å². The summed E-state index contributed by atoms with van der Waals surface area (Å²) in [6.07, 6.45) is -3.96. The second-order valence-corrected chi connectivity index (χ2v) is 2.76. The summed E-state index contributed by atoms with van der Waals surface area (Å²) in [5, 5.41) is 0. The fourth-order valence-electron chi connectivity index (χ4n) is 0.947. The van der Waals surface area contributed by atoms with Gasteiger partial charge in [0.15, 0.2) is 0 Å². The molecule has 1 rings (SSSR count). The topological polar surface area (TPSA) is 26.3 Å². The summed E-state index contributed by atoms with van der Waals surface area (Å²) in [6.45, 7) is 3.09. The van der Waals surface area contributed by atoms with E-state index < -0.39 is 23.5 Å². The highest BCUT2D eigenvalue weighted by atomic mass is 19.4. The maximum Gasteiger partial charge on any atom is 0.419 e. The van der Waals surface area contributed by atoms with Crippen LogP contribution in [0.25, 0.3) is 0 Å². The number of carbonyl (C=O) groups is 1. The van der Waals surface area contributed by atoms with Gasteiger partial charge in [-0.1, -0.05) is 6.58 Å². The molecule has 0 spiro atoms. The van der Waals surface area contributed by atoms with E-state index in [1.165, 1.54) is 0 Å². The van der Waals surface area contributed by atoms with Crippen molar-refractivity contribution in [1.29, 1.82) is 0 Å². The van der Waals surface area contributed by atoms with Crippen LogP contribution in [0.2, 0.25) is 0 Å². The van der Waals surface area contributed by atoms with E-state index in [0.29, 0.717) is 12.1 Å². The van der Waals surface area contributed by atoms with E-state index in [0.717, 1.165) is 12.1 Å². The Balaban J connectivity index is 3.00. The standard InChI is InChI=1S/C10H6F4O2/c1-2-9(15)16-6-3-4-7(8(11)5-6)10(12,13)14/h2-5H,1H2. The Hall–Kier alpha value is -1.85. The molecular weight excluding hydrogens is 228 g/mol. The lowest BCUT2D eigenvalue weighted by Gasteiger charge is -2.08. The lowest BCUT2D eigenvalue weighted by Crippen LogP contribution is -2.09. The second-order valence-electron chi connectivity index (χ2n) is 2.76. The molecule has 6 heteroatoms. The first-order valence-corrected chi connectivity index (χ1v) is 4.05. The van der Waals surface area contributed by atoms with Gasteiger partial charge in [0.2, 0.25) is 0 Å². The van der Waals surface area contributed by atoms with Gasteiger partial charge in [0.1, 0.15) is 11.6 Å². The number of ether oxygens (including phenoxy) is 1. The lowest BCUT2D eigenvalue weighted by molar-refractivity contribution is -0.140. The average Bonchev–Trinajstić information content (AvgIpc) is 2.15. The molecule has 0 saturated carbocycles. The van der Waals surface area contributed by atoms with Crippen LogP contribution in [0.1, 0.15) is 5.56 Å². The number of hydrogen-bond donors (Lipinski definition) is 0. The van der Waals surface area contributed by atoms with Crippen molar-refractivity contribution in [3.8, 4) is 5.75 Å². The summed E-state index contributed by atoms with van der Waals surface area (Å²) in [4.78, 5) is 10.7. The van der Waals surface area contributed by atoms with Gasteiger partial charge >= 0.3 is 12.1 Å². The van der Waals surface area contributed by atoms with Crippen LogP contribution in [0.4, 0.5) is 17.6 Å². The van der Waals surface area contributed by atoms with Gasteiger partial charge in [-0.05, 0) is 12.1 Å². The molecular formula is C10H6F4O2. The zero-order chi connectivity index (χ0) is 12.3. The number of halogens is 4. The van der Waals surface area contributed by atoms with E-state index in [9.17, 15) is 22.4 Å². The molecule has 0 heterocycles. The predicted octanol–water partition coefficient (Wildman–Crippen LogP) is 2.94. The number of hydrogen-bond acceptors (Lipinski definition) is 2. The predicted molar refractivity (Wildman–Crippen MR) is 47.2 cm³/mol. The maximum absolute atomic E-state index is 13.0. The third-order valence-corrected chi connectivity index (χ3v) is 1.63. The summed E-state index contributed by atoms with van der Waals surface area (Å²) in [5.41, 5.74) is -1.41. The molecule has 0 aliphatic rings. The fourth-order valence-corrected chi connectivity index (χ4v) is 0.947. The van der Waals surface area contributed by atoms with Crippen LogP contribution in [0.5, 0.6) is 5.75 Å². The van der Waals surface area contributed by atoms with Crippen LogP contribution in [0.3, 0.4) is 0 Å². The Morgan fingerprint density at radius 3 is 2.44 bits per heavy atom. The summed E-state index contributed by atoms with van der Waals surface area (Å²) in [5.74, 6) is -2.68. The Morgan fingerprint density at radius 1 is 1.38 bits per heavy atom. The quantitative estimate of drug-likeness (QED) is 0.340. The summed E-state index contributed by atoms with van der Waals surface area (Å²) in [6, 6.07) is 1.85. The highest BCUT2D eigenvalue weighted by molar-refractivity contribution is 5.83. The van der Waals surface area contributed by atoms with Crippen LogP contribution in [-0.4, -0.2) is 5.97 Å². The molecule has 0 aromatic heterocycles. The first-order chi connectivity index (χ1) is 7.34. The van der Waals surface area contributed by atoms with Crippen molar-refractivity contribution < 1.29 is 27.1 Å². The third kappa shape index (κ3) is 2.82. The number of alkyl halides is 3. The summed E-state index contributed by atoms with van der Waals surface area (Å²) in [7, 11) is 0. The molecule has 0 fully saturated rings. The van der Waals surface area contributed by atoms with Crippen molar-refractivity contribution in [2.24, 2.45) is 0 Å². The zero-order valence-corrected chi connectivity index (χ0v) is 7.84. The van der Waals surface area contributed by atoms with Gasteiger partial charge in [0.25, 0.3) is 0 Å². The Morgan fingerprint density at radius 2 is 2.00 bits per heavy atom. The van der Waals surface area contributed by atoms with E-state index >= 15 is 0 Å². The first kappa shape index (κ1) is 12.2. The molecule has 0 unspecified atom stereocenters. The smallest absolute Gasteiger partial charge is 0.419 e. The molecule has 86 valence electrons. The van der Waals surface area contributed by atoms with Crippen molar-refractivity contribution in [2.45, 2.75) is 6.18 Å². The number of rotatable bonds is 2. The molecule has 1 aromatic carbocycles. The summed E-state index contributed by atoms with van der Waals surface area (Å²) < 4.78 is 53.8. The average molecular weight is 234 g/mol. The SMILES string of the molecule is C=CC(=O)Oc1ccc(C(F)(F)F)c(F)c1. The molecule has 16 heavy (non-hydrogen) atoms. The molecule has 0 aliphatic carbocycles. The van der Waals surface area contributed by atoms with E-state index in [-0.39, 0.29) is 5.75 Å². The van der Waals surface area contributed by atoms with E-state index in [4.69, 9.17) is 0 Å². The minimum atomic E-state index is -4.77. The monoisotopic (exact) mass is 234 g/mol. The molecule has 0 amide bonds. The number of esters is 1. The second kappa shape index (κ2) is 4.34. The molecule has 0 saturated heterocycles. The van der Waals surface area contributed by atoms with Gasteiger partial charge in [-0.25, -0.2) is 9.18 Å². The zero-order valence-electron chi connectivity index (χ0n) is 7.84. The van der Waals surface area contributed by atoms with Crippen molar-refractivity contribution in [3.63, 3.8) is 0 Å². The molecule has 0 N–H and O–H groups in total. The molecule has 0 atom stereocenters. The van der Waals surface area contributed by atoms with Gasteiger partial charge in [0, 0.05) is 12.1 Å². The minimum Gasteiger partial charge on any atom is -0.423 e. The summed E-state index contributed by atoms with van der Waals surface area (Å²) >= 11 is 0. The van der Waals surface area contributed by atoms with Crippen molar-refractivity contribution in [2.75, 3.05) is 0 Å². The highest BCUT2D eigenvalue weighted by Crippen LogP contribution is 2.32. The molecule has 0 bridgehead atoms. The van der Waals surface area contributed by atoms with Crippen LogP contribution in [-0.2, 0) is 11.0 Å². The van der Waals surface area contributed by atoms with Crippen LogP contribution in [0, 0.1) is 5.82 Å². The van der Waals surface area contributed by atoms with Gasteiger partial charge in [-0.15, -0.1) is 0 Å². The van der Waals surface area contributed by atoms with Crippen LogP contribution < -0.4 is 4.74 Å². The van der Waals surface area contributed by atoms with Crippen molar-refractivity contribution in [1.82, 2.24) is 0 Å². The van der Waals surface area contributed by atoms with Gasteiger partial charge in [0.05, 0.1) is 5.56 Å². The van der Waals surface area contributed by atoms with Gasteiger partial charge < -0.3 is 4.74 Å². The number of benzene rings is 1. The van der Waals surface area contributed by atoms with Gasteiger partial charge in [-0.2, -0.15) is 13.2 Å². The minimum absolute atomic E-state index is 0.310. The molecule has 1 aromatic rings. The number of carbonyl (C=O) groups excluding carboxylic acids is 1. The largest absolute Gasteiger partial charge is 0.423 e. The first-order valence-electron chi connectivity index (χ1n) is 4.05. The molecule has 0 radical (unpaired) electrons. The van der Waals surface area contributed by atoms with Crippen LogP contribution in [0.15, 0.2) is 30.9 Å². The van der Waals surface area contributed by atoms with E-state index in [1.54, 1.807) is 0 Å². The Kier molecular flexibility index (Phi) is 3.31. The Bertz CT molecular complexity index is 423. The Labute approximate surface area is 88.1 Å². The van der Waals surface area contributed by atoms with Crippen molar-refractivity contribution in [3.05, 3.63) is 42.2 Å². The highest BCUT2D eigenvalue weighted by Gasteiger charge is 2.34. The third-order valence-electron chi connectivity index (χ3n) is 1.63. The maximum atomic E-state index is 13.0. The van der Waals surface area contributed by atoms with Gasteiger partial charge in [-0.3, -0.25) is 0 Å². The fraction of sp³-hybridized carbons (Fsp3) is 0.100. The van der Waals surface area contributed by atoms with Crippen molar-refractivity contribution >= 4 is 5.97 Å². The molecule has 2 nitrogen and oxygen atoms in total. The normalized spacial score (nSPS) is 11.0.